The molecule has 0 aromatic rings. The number of halogens is 3. The van der Waals surface area contributed by atoms with Gasteiger partial charge in [-0.05, 0) is 6.92 Å². The maximum Gasteiger partial charge on any atom is 0.413 e. The second kappa shape index (κ2) is 8.11. The van der Waals surface area contributed by atoms with Crippen molar-refractivity contribution in [2.24, 2.45) is 5.92 Å². The van der Waals surface area contributed by atoms with E-state index >= 15 is 0 Å². The standard InChI is InChI=1S/C13H18F3NO3S/c1-7(2)12(19)17-9(4)21-11(6-20-10(5)18)8(3)13(14,15)16/h7H,4,6H2,1-3,5H3,(H,17,19)/b11-8+. The van der Waals surface area contributed by atoms with Crippen molar-refractivity contribution in [3.8, 4) is 0 Å². The topological polar surface area (TPSA) is 55.4 Å². The fraction of sp³-hybridized carbons (Fsp3) is 0.538. The van der Waals surface area contributed by atoms with Crippen LogP contribution in [0.1, 0.15) is 27.7 Å². The molecule has 1 N–H and O–H groups in total. The van der Waals surface area contributed by atoms with Gasteiger partial charge in [-0.2, -0.15) is 13.2 Å². The number of thioether (sulfide) groups is 1. The van der Waals surface area contributed by atoms with E-state index < -0.39 is 24.3 Å². The third kappa shape index (κ3) is 7.79. The van der Waals surface area contributed by atoms with Crippen LogP contribution in [0, 0.1) is 5.92 Å². The number of alkyl halides is 3. The van der Waals surface area contributed by atoms with E-state index in [-0.39, 0.29) is 21.8 Å². The number of hydrogen-bond acceptors (Lipinski definition) is 4. The monoisotopic (exact) mass is 325 g/mol. The van der Waals surface area contributed by atoms with Gasteiger partial charge in [0.2, 0.25) is 5.91 Å². The van der Waals surface area contributed by atoms with Gasteiger partial charge in [0, 0.05) is 23.3 Å². The molecule has 8 heteroatoms. The summed E-state index contributed by atoms with van der Waals surface area (Å²) in [6.07, 6.45) is -4.55. The summed E-state index contributed by atoms with van der Waals surface area (Å²) in [5.74, 6) is -1.38. The van der Waals surface area contributed by atoms with Crippen LogP contribution in [0.15, 0.2) is 22.1 Å². The average Bonchev–Trinajstić information content (AvgIpc) is 2.31. The summed E-state index contributed by atoms with van der Waals surface area (Å²) < 4.78 is 42.8. The highest BCUT2D eigenvalue weighted by Crippen LogP contribution is 2.34. The summed E-state index contributed by atoms with van der Waals surface area (Å²) in [4.78, 5) is 22.0. The summed E-state index contributed by atoms with van der Waals surface area (Å²) in [7, 11) is 0. The molecule has 21 heavy (non-hydrogen) atoms. The molecular weight excluding hydrogens is 307 g/mol. The molecule has 0 radical (unpaired) electrons. The van der Waals surface area contributed by atoms with Crippen molar-refractivity contribution in [1.29, 1.82) is 0 Å². The SMILES string of the molecule is C=C(NC(=O)C(C)C)S/C(COC(C)=O)=C(\C)C(F)(F)F. The number of amides is 1. The van der Waals surface area contributed by atoms with E-state index in [9.17, 15) is 22.8 Å². The maximum atomic E-state index is 12.7. The first kappa shape index (κ1) is 19.6. The number of carbonyl (C=O) groups excluding carboxylic acids is 2. The normalized spacial score (nSPS) is 12.8. The molecule has 0 rings (SSSR count). The smallest absolute Gasteiger partial charge is 0.413 e. The zero-order valence-corrected chi connectivity index (χ0v) is 13.1. The largest absolute Gasteiger partial charge is 0.460 e. The van der Waals surface area contributed by atoms with Crippen LogP contribution in [-0.4, -0.2) is 24.7 Å². The van der Waals surface area contributed by atoms with Crippen LogP contribution in [0.4, 0.5) is 13.2 Å². The van der Waals surface area contributed by atoms with E-state index in [4.69, 9.17) is 0 Å². The zero-order valence-electron chi connectivity index (χ0n) is 12.3. The second-order valence-electron chi connectivity index (χ2n) is 4.50. The minimum Gasteiger partial charge on any atom is -0.460 e. The predicted octanol–water partition coefficient (Wildman–Crippen LogP) is 3.36. The summed E-state index contributed by atoms with van der Waals surface area (Å²) in [6, 6.07) is 0. The van der Waals surface area contributed by atoms with Gasteiger partial charge in [0.15, 0.2) is 0 Å². The summed E-state index contributed by atoms with van der Waals surface area (Å²) in [5.41, 5.74) is -0.895. The quantitative estimate of drug-likeness (QED) is 0.761. The Morgan fingerprint density at radius 1 is 1.29 bits per heavy atom. The molecule has 0 unspecified atom stereocenters. The Kier molecular flexibility index (Phi) is 7.56. The van der Waals surface area contributed by atoms with Gasteiger partial charge in [-0.1, -0.05) is 32.2 Å². The van der Waals surface area contributed by atoms with Crippen molar-refractivity contribution < 1.29 is 27.5 Å². The van der Waals surface area contributed by atoms with Gasteiger partial charge < -0.3 is 10.1 Å². The van der Waals surface area contributed by atoms with E-state index in [1.54, 1.807) is 13.8 Å². The average molecular weight is 325 g/mol. The van der Waals surface area contributed by atoms with Crippen molar-refractivity contribution in [2.75, 3.05) is 6.61 Å². The molecule has 0 aromatic heterocycles. The van der Waals surface area contributed by atoms with Gasteiger partial charge in [-0.15, -0.1) is 0 Å². The molecule has 0 aliphatic rings. The molecule has 0 spiro atoms. The Hall–Kier alpha value is -1.44. The molecule has 1 amide bonds. The molecule has 0 aliphatic heterocycles. The molecule has 0 fully saturated rings. The van der Waals surface area contributed by atoms with Gasteiger partial charge in [0.1, 0.15) is 6.61 Å². The van der Waals surface area contributed by atoms with Crippen LogP contribution >= 0.6 is 11.8 Å². The summed E-state index contributed by atoms with van der Waals surface area (Å²) in [6.45, 7) is 8.23. The van der Waals surface area contributed by atoms with Crippen molar-refractivity contribution in [1.82, 2.24) is 5.32 Å². The third-order valence-electron chi connectivity index (χ3n) is 2.28. The molecule has 0 saturated carbocycles. The first-order chi connectivity index (χ1) is 9.45. The van der Waals surface area contributed by atoms with Crippen LogP contribution in [0.3, 0.4) is 0 Å². The summed E-state index contributed by atoms with van der Waals surface area (Å²) in [5, 5.41) is 2.43. The van der Waals surface area contributed by atoms with E-state index in [0.717, 1.165) is 13.8 Å². The molecule has 120 valence electrons. The fourth-order valence-corrected chi connectivity index (χ4v) is 1.83. The number of esters is 1. The lowest BCUT2D eigenvalue weighted by Gasteiger charge is -2.16. The molecule has 4 nitrogen and oxygen atoms in total. The van der Waals surface area contributed by atoms with Crippen LogP contribution in [0.25, 0.3) is 0 Å². The maximum absolute atomic E-state index is 12.7. The number of allylic oxidation sites excluding steroid dienone is 1. The van der Waals surface area contributed by atoms with Gasteiger partial charge in [-0.25, -0.2) is 0 Å². The lowest BCUT2D eigenvalue weighted by atomic mass is 10.2. The third-order valence-corrected chi connectivity index (χ3v) is 3.30. The highest BCUT2D eigenvalue weighted by molar-refractivity contribution is 8.06. The first-order valence-corrected chi connectivity index (χ1v) is 6.84. The van der Waals surface area contributed by atoms with Crippen LogP contribution in [0.5, 0.6) is 0 Å². The highest BCUT2D eigenvalue weighted by Gasteiger charge is 2.33. The molecule has 0 bridgehead atoms. The Morgan fingerprint density at radius 3 is 2.19 bits per heavy atom. The molecule has 0 heterocycles. The minimum atomic E-state index is -4.55. The van der Waals surface area contributed by atoms with Crippen molar-refractivity contribution in [3.05, 3.63) is 22.1 Å². The molecule has 0 atom stereocenters. The predicted molar refractivity (Wildman–Crippen MR) is 75.1 cm³/mol. The molecule has 0 aliphatic carbocycles. The fourth-order valence-electron chi connectivity index (χ4n) is 0.996. The lowest BCUT2D eigenvalue weighted by Crippen LogP contribution is -2.26. The van der Waals surface area contributed by atoms with E-state index in [0.29, 0.717) is 11.8 Å². The Balaban J connectivity index is 5.04. The first-order valence-electron chi connectivity index (χ1n) is 6.03. The van der Waals surface area contributed by atoms with E-state index in [1.807, 2.05) is 0 Å². The number of ether oxygens (including phenoxy) is 1. The Bertz CT molecular complexity index is 456. The van der Waals surface area contributed by atoms with Crippen molar-refractivity contribution in [3.63, 3.8) is 0 Å². The van der Waals surface area contributed by atoms with Crippen LogP contribution in [0.2, 0.25) is 0 Å². The Labute approximate surface area is 125 Å². The van der Waals surface area contributed by atoms with Gasteiger partial charge in [0.25, 0.3) is 0 Å². The number of carbonyl (C=O) groups is 2. The second-order valence-corrected chi connectivity index (χ2v) is 5.69. The lowest BCUT2D eigenvalue weighted by molar-refractivity contribution is -0.140. The summed E-state index contributed by atoms with van der Waals surface area (Å²) >= 11 is 0.623. The molecular formula is C13H18F3NO3S. The molecule has 0 aromatic carbocycles. The zero-order chi connectivity index (χ0) is 16.8. The highest BCUT2D eigenvalue weighted by atomic mass is 32.2. The van der Waals surface area contributed by atoms with Crippen molar-refractivity contribution >= 4 is 23.6 Å². The number of nitrogens with one attached hydrogen (secondary N) is 1. The Morgan fingerprint density at radius 2 is 1.81 bits per heavy atom. The molecule has 0 saturated heterocycles. The number of rotatable bonds is 6. The van der Waals surface area contributed by atoms with E-state index in [2.05, 4.69) is 16.6 Å². The van der Waals surface area contributed by atoms with Crippen molar-refractivity contribution in [2.45, 2.75) is 33.9 Å². The minimum absolute atomic E-state index is 0.0412. The van der Waals surface area contributed by atoms with Crippen LogP contribution < -0.4 is 5.32 Å². The van der Waals surface area contributed by atoms with Gasteiger partial charge >= 0.3 is 12.1 Å². The van der Waals surface area contributed by atoms with Gasteiger partial charge in [-0.3, -0.25) is 9.59 Å². The van der Waals surface area contributed by atoms with Gasteiger partial charge in [0.05, 0.1) is 5.03 Å². The number of hydrogen-bond donors (Lipinski definition) is 1. The van der Waals surface area contributed by atoms with E-state index in [1.165, 1.54) is 0 Å². The van der Waals surface area contributed by atoms with Crippen LogP contribution in [-0.2, 0) is 14.3 Å².